The normalized spacial score (nSPS) is 24.3. The Bertz CT molecular complexity index is 180. The largest absolute Gasteiger partial charge is 0.462 e. The molecule has 0 aromatic rings. The molecule has 2 atom stereocenters. The van der Waals surface area contributed by atoms with Gasteiger partial charge in [0, 0.05) is 6.61 Å². The molecule has 1 saturated heterocycles. The van der Waals surface area contributed by atoms with Crippen LogP contribution in [0.15, 0.2) is 0 Å². The van der Waals surface area contributed by atoms with Crippen molar-refractivity contribution in [3.63, 3.8) is 0 Å². The molecular formula is C9H17NO4. The van der Waals surface area contributed by atoms with Crippen molar-refractivity contribution in [1.29, 1.82) is 0 Å². The Balaban J connectivity index is 2.15. The van der Waals surface area contributed by atoms with Gasteiger partial charge >= 0.3 is 5.97 Å². The zero-order chi connectivity index (χ0) is 10.4. The fourth-order valence-electron chi connectivity index (χ4n) is 1.30. The van der Waals surface area contributed by atoms with E-state index in [2.05, 4.69) is 0 Å². The lowest BCUT2D eigenvalue weighted by Crippen LogP contribution is -2.37. The molecule has 1 rings (SSSR count). The lowest BCUT2D eigenvalue weighted by atomic mass is 10.1. The standard InChI is InChI=1S/C9H17NO4/c10-8(5-11)9(12)14-6-7-3-1-2-4-13-7/h7-8,11H,1-6,10H2/t7?,8-/m0/s1. The van der Waals surface area contributed by atoms with Crippen LogP contribution in [-0.2, 0) is 14.3 Å². The van der Waals surface area contributed by atoms with Crippen LogP contribution in [0.1, 0.15) is 19.3 Å². The van der Waals surface area contributed by atoms with E-state index in [1.54, 1.807) is 0 Å². The predicted octanol–water partition coefficient (Wildman–Crippen LogP) is -0.582. The van der Waals surface area contributed by atoms with Gasteiger partial charge in [-0.3, -0.25) is 4.79 Å². The van der Waals surface area contributed by atoms with Crippen LogP contribution in [0.25, 0.3) is 0 Å². The number of hydrogen-bond acceptors (Lipinski definition) is 5. The van der Waals surface area contributed by atoms with Gasteiger partial charge in [-0.05, 0) is 19.3 Å². The van der Waals surface area contributed by atoms with Crippen LogP contribution in [-0.4, -0.2) is 43.0 Å². The van der Waals surface area contributed by atoms with Crippen molar-refractivity contribution < 1.29 is 19.4 Å². The highest BCUT2D eigenvalue weighted by atomic mass is 16.6. The molecule has 0 amide bonds. The molecule has 1 fully saturated rings. The van der Waals surface area contributed by atoms with E-state index >= 15 is 0 Å². The Kier molecular flexibility index (Phi) is 4.86. The molecule has 1 aliphatic rings. The summed E-state index contributed by atoms with van der Waals surface area (Å²) >= 11 is 0. The number of carbonyl (C=O) groups excluding carboxylic acids is 1. The third-order valence-corrected chi connectivity index (χ3v) is 2.18. The molecule has 1 heterocycles. The van der Waals surface area contributed by atoms with Gasteiger partial charge in [0.25, 0.3) is 0 Å². The first-order valence-corrected chi connectivity index (χ1v) is 4.88. The average molecular weight is 203 g/mol. The number of carbonyl (C=O) groups is 1. The van der Waals surface area contributed by atoms with Crippen molar-refractivity contribution in [2.45, 2.75) is 31.4 Å². The summed E-state index contributed by atoms with van der Waals surface area (Å²) in [5.74, 6) is -0.568. The fourth-order valence-corrected chi connectivity index (χ4v) is 1.30. The maximum absolute atomic E-state index is 11.1. The molecule has 1 aliphatic heterocycles. The van der Waals surface area contributed by atoms with E-state index < -0.39 is 12.0 Å². The Hall–Kier alpha value is -0.650. The molecule has 0 bridgehead atoms. The molecule has 0 saturated carbocycles. The third kappa shape index (κ3) is 3.61. The van der Waals surface area contributed by atoms with Crippen molar-refractivity contribution in [3.8, 4) is 0 Å². The molecule has 5 nitrogen and oxygen atoms in total. The zero-order valence-electron chi connectivity index (χ0n) is 8.15. The van der Waals surface area contributed by atoms with E-state index in [0.717, 1.165) is 25.9 Å². The minimum atomic E-state index is -0.932. The summed E-state index contributed by atoms with van der Waals surface area (Å²) in [5.41, 5.74) is 5.27. The van der Waals surface area contributed by atoms with Crippen molar-refractivity contribution >= 4 is 5.97 Å². The molecule has 82 valence electrons. The SMILES string of the molecule is N[C@@H](CO)C(=O)OCC1CCCCO1. The molecule has 0 aromatic heterocycles. The number of hydrogen-bond donors (Lipinski definition) is 2. The number of ether oxygens (including phenoxy) is 2. The summed E-state index contributed by atoms with van der Waals surface area (Å²) in [6.45, 7) is 0.588. The van der Waals surface area contributed by atoms with Gasteiger partial charge in [-0.15, -0.1) is 0 Å². The number of rotatable bonds is 4. The number of esters is 1. The van der Waals surface area contributed by atoms with Gasteiger partial charge in [0.2, 0.25) is 0 Å². The van der Waals surface area contributed by atoms with Gasteiger partial charge in [0.1, 0.15) is 12.6 Å². The van der Waals surface area contributed by atoms with Gasteiger partial charge in [-0.2, -0.15) is 0 Å². The van der Waals surface area contributed by atoms with E-state index in [1.165, 1.54) is 0 Å². The Labute approximate surface area is 83.2 Å². The molecular weight excluding hydrogens is 186 g/mol. The summed E-state index contributed by atoms with van der Waals surface area (Å²) in [5, 5.41) is 8.59. The quantitative estimate of drug-likeness (QED) is 0.597. The highest BCUT2D eigenvalue weighted by Crippen LogP contribution is 2.12. The summed E-state index contributed by atoms with van der Waals surface area (Å²) in [6, 6.07) is -0.932. The van der Waals surface area contributed by atoms with Gasteiger partial charge in [-0.25, -0.2) is 0 Å². The second kappa shape index (κ2) is 5.95. The highest BCUT2D eigenvalue weighted by Gasteiger charge is 2.18. The molecule has 0 aromatic carbocycles. The molecule has 0 spiro atoms. The van der Waals surface area contributed by atoms with Crippen LogP contribution in [0.4, 0.5) is 0 Å². The van der Waals surface area contributed by atoms with E-state index in [9.17, 15) is 4.79 Å². The fraction of sp³-hybridized carbons (Fsp3) is 0.889. The number of nitrogens with two attached hydrogens (primary N) is 1. The van der Waals surface area contributed by atoms with Crippen LogP contribution in [0.2, 0.25) is 0 Å². The second-order valence-electron chi connectivity index (χ2n) is 3.41. The first-order chi connectivity index (χ1) is 6.74. The summed E-state index contributed by atoms with van der Waals surface area (Å²) in [7, 11) is 0. The van der Waals surface area contributed by atoms with Gasteiger partial charge in [0.15, 0.2) is 0 Å². The number of aliphatic hydroxyl groups is 1. The molecule has 5 heteroatoms. The van der Waals surface area contributed by atoms with E-state index in [1.807, 2.05) is 0 Å². The van der Waals surface area contributed by atoms with Crippen LogP contribution in [0, 0.1) is 0 Å². The van der Waals surface area contributed by atoms with Crippen molar-refractivity contribution in [3.05, 3.63) is 0 Å². The van der Waals surface area contributed by atoms with Crippen molar-refractivity contribution in [1.82, 2.24) is 0 Å². The molecule has 1 unspecified atom stereocenters. The molecule has 14 heavy (non-hydrogen) atoms. The lowest BCUT2D eigenvalue weighted by Gasteiger charge is -2.22. The summed E-state index contributed by atoms with van der Waals surface area (Å²) in [4.78, 5) is 11.1. The van der Waals surface area contributed by atoms with Gasteiger partial charge < -0.3 is 20.3 Å². The van der Waals surface area contributed by atoms with E-state index in [-0.39, 0.29) is 19.3 Å². The van der Waals surface area contributed by atoms with Crippen LogP contribution in [0.3, 0.4) is 0 Å². The maximum Gasteiger partial charge on any atom is 0.325 e. The lowest BCUT2D eigenvalue weighted by molar-refractivity contribution is -0.151. The summed E-state index contributed by atoms with van der Waals surface area (Å²) in [6.07, 6.45) is 3.09. The first kappa shape index (κ1) is 11.4. The monoisotopic (exact) mass is 203 g/mol. The van der Waals surface area contributed by atoms with Crippen LogP contribution in [0.5, 0.6) is 0 Å². The predicted molar refractivity (Wildman–Crippen MR) is 49.6 cm³/mol. The minimum Gasteiger partial charge on any atom is -0.462 e. The van der Waals surface area contributed by atoms with E-state index in [0.29, 0.717) is 0 Å². The maximum atomic E-state index is 11.1. The first-order valence-electron chi connectivity index (χ1n) is 4.88. The average Bonchev–Trinajstić information content (AvgIpc) is 2.26. The Morgan fingerprint density at radius 2 is 2.43 bits per heavy atom. The minimum absolute atomic E-state index is 0.00130. The Morgan fingerprint density at radius 3 is 3.00 bits per heavy atom. The topological polar surface area (TPSA) is 81.8 Å². The van der Waals surface area contributed by atoms with Gasteiger partial charge in [0.05, 0.1) is 12.7 Å². The summed E-state index contributed by atoms with van der Waals surface area (Å²) < 4.78 is 10.2. The van der Waals surface area contributed by atoms with Crippen molar-refractivity contribution in [2.75, 3.05) is 19.8 Å². The molecule has 0 aliphatic carbocycles. The van der Waals surface area contributed by atoms with Gasteiger partial charge in [-0.1, -0.05) is 0 Å². The third-order valence-electron chi connectivity index (χ3n) is 2.18. The zero-order valence-corrected chi connectivity index (χ0v) is 8.15. The molecule has 0 radical (unpaired) electrons. The van der Waals surface area contributed by atoms with Crippen molar-refractivity contribution in [2.24, 2.45) is 5.73 Å². The van der Waals surface area contributed by atoms with Crippen LogP contribution >= 0.6 is 0 Å². The van der Waals surface area contributed by atoms with Crippen LogP contribution < -0.4 is 5.73 Å². The second-order valence-corrected chi connectivity index (χ2v) is 3.41. The smallest absolute Gasteiger partial charge is 0.325 e. The Morgan fingerprint density at radius 1 is 1.64 bits per heavy atom. The number of aliphatic hydroxyl groups excluding tert-OH is 1. The highest BCUT2D eigenvalue weighted by molar-refractivity contribution is 5.75. The molecule has 3 N–H and O–H groups in total. The van der Waals surface area contributed by atoms with E-state index in [4.69, 9.17) is 20.3 Å².